The van der Waals surface area contributed by atoms with Crippen molar-refractivity contribution in [3.8, 4) is 0 Å². The molecule has 0 heterocycles. The maximum atomic E-state index is 9.00. The molecule has 1 N–H and O–H groups in total. The number of carboxylic acid groups (broad SMARTS) is 1. The van der Waals surface area contributed by atoms with Gasteiger partial charge in [0.25, 0.3) is 0 Å². The Bertz CT molecular complexity index is 59.8. The topological polar surface area (TPSA) is 54.4 Å². The van der Waals surface area contributed by atoms with Crippen LogP contribution in [0.2, 0.25) is 0 Å². The van der Waals surface area contributed by atoms with Gasteiger partial charge in [-0.05, 0) is 0 Å². The van der Waals surface area contributed by atoms with E-state index >= 15 is 0 Å². The SMILES string of the molecule is O=CC(=O)O.[K]. The molecule has 0 bridgehead atoms. The van der Waals surface area contributed by atoms with Gasteiger partial charge in [-0.3, -0.25) is 4.79 Å². The summed E-state index contributed by atoms with van der Waals surface area (Å²) in [6.45, 7) is 0. The molecule has 4 heteroatoms. The Kier molecular flexibility index (Phi) is 9.54. The van der Waals surface area contributed by atoms with Crippen LogP contribution in [0, 0.1) is 0 Å². The van der Waals surface area contributed by atoms with Crippen LogP contribution in [0.3, 0.4) is 0 Å². The predicted octanol–water partition coefficient (Wildman–Crippen LogP) is -1.11. The molecule has 1 radical (unpaired) electrons. The number of rotatable bonds is 1. The third-order valence-corrected chi connectivity index (χ3v) is 0.101. The van der Waals surface area contributed by atoms with Crippen molar-refractivity contribution >= 4 is 63.6 Å². The molecular formula is C2H2KO3. The molecule has 0 aromatic rings. The fourth-order valence-electron chi connectivity index (χ4n) is 0. The van der Waals surface area contributed by atoms with Crippen LogP contribution in [0.15, 0.2) is 0 Å². The number of hydrogen-bond donors (Lipinski definition) is 1. The zero-order valence-electron chi connectivity index (χ0n) is 3.34. The van der Waals surface area contributed by atoms with Crippen LogP contribution >= 0.6 is 0 Å². The third kappa shape index (κ3) is 8.84. The van der Waals surface area contributed by atoms with Crippen LogP contribution in [-0.4, -0.2) is 68.7 Å². The van der Waals surface area contributed by atoms with Gasteiger partial charge in [0.1, 0.15) is 0 Å². The van der Waals surface area contributed by atoms with Gasteiger partial charge in [-0.1, -0.05) is 0 Å². The van der Waals surface area contributed by atoms with Gasteiger partial charge in [0.2, 0.25) is 6.29 Å². The molecule has 0 fully saturated rings. The standard InChI is InChI=1S/C2H2O3.K/c3-1-2(4)5;/h1H,(H,4,5);. The van der Waals surface area contributed by atoms with E-state index in [-0.39, 0.29) is 57.7 Å². The third-order valence-electron chi connectivity index (χ3n) is 0.101. The van der Waals surface area contributed by atoms with Crippen molar-refractivity contribution in [3.63, 3.8) is 0 Å². The molecule has 0 aromatic carbocycles. The normalized spacial score (nSPS) is 5.33. The zero-order chi connectivity index (χ0) is 4.28. The molecule has 0 aliphatic carbocycles. The molecule has 0 spiro atoms. The minimum atomic E-state index is -1.43. The molecule has 0 saturated carbocycles. The van der Waals surface area contributed by atoms with Crippen LogP contribution in [0.5, 0.6) is 0 Å². The average molecular weight is 113 g/mol. The second kappa shape index (κ2) is 5.78. The van der Waals surface area contributed by atoms with E-state index in [0.29, 0.717) is 0 Å². The van der Waals surface area contributed by atoms with E-state index in [4.69, 9.17) is 14.7 Å². The minimum Gasteiger partial charge on any atom is -0.476 e. The fourth-order valence-corrected chi connectivity index (χ4v) is 0. The van der Waals surface area contributed by atoms with Crippen LogP contribution in [0.25, 0.3) is 0 Å². The second-order valence-electron chi connectivity index (χ2n) is 0.456. The van der Waals surface area contributed by atoms with Gasteiger partial charge >= 0.3 is 5.97 Å². The Balaban J connectivity index is 0. The first-order chi connectivity index (χ1) is 2.27. The Hall–Kier alpha value is 0.776. The van der Waals surface area contributed by atoms with E-state index in [1.54, 1.807) is 0 Å². The van der Waals surface area contributed by atoms with Gasteiger partial charge in [0.05, 0.1) is 0 Å². The first-order valence-corrected chi connectivity index (χ1v) is 0.952. The number of aldehydes is 1. The molecule has 0 unspecified atom stereocenters. The van der Waals surface area contributed by atoms with Gasteiger partial charge in [0, 0.05) is 51.4 Å². The van der Waals surface area contributed by atoms with Gasteiger partial charge in [-0.15, -0.1) is 0 Å². The van der Waals surface area contributed by atoms with E-state index in [9.17, 15) is 0 Å². The van der Waals surface area contributed by atoms with E-state index in [1.807, 2.05) is 0 Å². The Morgan fingerprint density at radius 3 is 1.83 bits per heavy atom. The van der Waals surface area contributed by atoms with Crippen molar-refractivity contribution in [1.82, 2.24) is 0 Å². The van der Waals surface area contributed by atoms with Gasteiger partial charge in [-0.25, -0.2) is 4.79 Å². The average Bonchev–Trinajstić information content (AvgIpc) is 1.38. The molecule has 0 atom stereocenters. The summed E-state index contributed by atoms with van der Waals surface area (Å²) >= 11 is 0. The van der Waals surface area contributed by atoms with E-state index in [1.165, 1.54) is 0 Å². The van der Waals surface area contributed by atoms with Crippen molar-refractivity contribution in [2.75, 3.05) is 0 Å². The van der Waals surface area contributed by atoms with Crippen molar-refractivity contribution in [2.24, 2.45) is 0 Å². The monoisotopic (exact) mass is 113 g/mol. The van der Waals surface area contributed by atoms with Crippen molar-refractivity contribution < 1.29 is 14.7 Å². The Morgan fingerprint density at radius 1 is 1.67 bits per heavy atom. The van der Waals surface area contributed by atoms with Crippen LogP contribution < -0.4 is 0 Å². The zero-order valence-corrected chi connectivity index (χ0v) is 6.46. The first-order valence-electron chi connectivity index (χ1n) is 0.952. The van der Waals surface area contributed by atoms with Crippen LogP contribution in [-0.2, 0) is 9.59 Å². The summed E-state index contributed by atoms with van der Waals surface area (Å²) in [7, 11) is 0. The largest absolute Gasteiger partial charge is 0.476 e. The maximum Gasteiger partial charge on any atom is 0.368 e. The first kappa shape index (κ1) is 9.91. The van der Waals surface area contributed by atoms with Crippen molar-refractivity contribution in [3.05, 3.63) is 0 Å². The number of carboxylic acids is 1. The van der Waals surface area contributed by atoms with Gasteiger partial charge in [0.15, 0.2) is 0 Å². The second-order valence-corrected chi connectivity index (χ2v) is 0.456. The molecule has 6 heavy (non-hydrogen) atoms. The molecule has 0 saturated heterocycles. The quantitative estimate of drug-likeness (QED) is 0.266. The molecule has 0 rings (SSSR count). The van der Waals surface area contributed by atoms with Crippen molar-refractivity contribution in [1.29, 1.82) is 0 Å². The number of aliphatic carboxylic acids is 1. The van der Waals surface area contributed by atoms with Crippen LogP contribution in [0.1, 0.15) is 0 Å². The molecule has 29 valence electrons. The number of hydrogen-bond acceptors (Lipinski definition) is 2. The molecule has 3 nitrogen and oxygen atoms in total. The fraction of sp³-hybridized carbons (Fsp3) is 0. The van der Waals surface area contributed by atoms with Crippen LogP contribution in [0.4, 0.5) is 0 Å². The summed E-state index contributed by atoms with van der Waals surface area (Å²) in [6, 6.07) is 0. The van der Waals surface area contributed by atoms with Crippen molar-refractivity contribution in [2.45, 2.75) is 0 Å². The molecule has 0 aliphatic heterocycles. The van der Waals surface area contributed by atoms with E-state index < -0.39 is 5.97 Å². The van der Waals surface area contributed by atoms with Gasteiger partial charge < -0.3 is 5.11 Å². The molecule has 0 amide bonds. The summed E-state index contributed by atoms with van der Waals surface area (Å²) in [5.74, 6) is -1.43. The summed E-state index contributed by atoms with van der Waals surface area (Å²) in [4.78, 5) is 17.9. The predicted molar refractivity (Wildman–Crippen MR) is 19.5 cm³/mol. The minimum absolute atomic E-state index is 0. The Morgan fingerprint density at radius 2 is 1.83 bits per heavy atom. The molecular weight excluding hydrogens is 111 g/mol. The maximum absolute atomic E-state index is 9.00. The van der Waals surface area contributed by atoms with E-state index in [2.05, 4.69) is 0 Å². The smallest absolute Gasteiger partial charge is 0.368 e. The number of carbonyl (C=O) groups excluding carboxylic acids is 1. The van der Waals surface area contributed by atoms with E-state index in [0.717, 1.165) is 0 Å². The summed E-state index contributed by atoms with van der Waals surface area (Å²) in [5, 5.41) is 7.35. The molecule has 0 aromatic heterocycles. The summed E-state index contributed by atoms with van der Waals surface area (Å²) in [6.07, 6.45) is -0.167. The molecule has 0 aliphatic rings. The summed E-state index contributed by atoms with van der Waals surface area (Å²) in [5.41, 5.74) is 0. The Labute approximate surface area is 77.1 Å². The van der Waals surface area contributed by atoms with Gasteiger partial charge in [-0.2, -0.15) is 0 Å². The summed E-state index contributed by atoms with van der Waals surface area (Å²) < 4.78 is 0. The number of carbonyl (C=O) groups is 2.